The lowest BCUT2D eigenvalue weighted by atomic mass is 10.2. The second-order valence-electron chi connectivity index (χ2n) is 4.79. The standard InChI is InChI=1S/C12H18N6/c13-5-6-17-7-11(14-8-17)12-16-15-9-18(12)10-3-1-2-4-10/h7-10H,1-6,13H2. The zero-order chi connectivity index (χ0) is 12.4. The number of nitrogens with zero attached hydrogens (tertiary/aromatic N) is 5. The van der Waals surface area contributed by atoms with Gasteiger partial charge in [-0.15, -0.1) is 10.2 Å². The van der Waals surface area contributed by atoms with Gasteiger partial charge in [-0.25, -0.2) is 4.98 Å². The highest BCUT2D eigenvalue weighted by Crippen LogP contribution is 2.31. The van der Waals surface area contributed by atoms with Crippen LogP contribution in [0.2, 0.25) is 0 Å². The smallest absolute Gasteiger partial charge is 0.184 e. The van der Waals surface area contributed by atoms with Gasteiger partial charge < -0.3 is 14.9 Å². The van der Waals surface area contributed by atoms with Crippen LogP contribution in [-0.4, -0.2) is 30.9 Å². The molecule has 1 aliphatic rings. The Morgan fingerprint density at radius 3 is 2.89 bits per heavy atom. The number of hydrogen-bond acceptors (Lipinski definition) is 4. The SMILES string of the molecule is NCCn1cnc(-c2nncn2C2CCCC2)c1. The van der Waals surface area contributed by atoms with Gasteiger partial charge in [0.15, 0.2) is 5.82 Å². The van der Waals surface area contributed by atoms with Gasteiger partial charge in [0, 0.05) is 25.3 Å². The molecule has 0 amide bonds. The molecule has 0 aromatic carbocycles. The number of rotatable bonds is 4. The first-order valence-corrected chi connectivity index (χ1v) is 6.50. The summed E-state index contributed by atoms with van der Waals surface area (Å²) in [7, 11) is 0. The van der Waals surface area contributed by atoms with Crippen molar-refractivity contribution in [2.75, 3.05) is 6.54 Å². The van der Waals surface area contributed by atoms with Crippen LogP contribution in [0, 0.1) is 0 Å². The van der Waals surface area contributed by atoms with E-state index in [0.717, 1.165) is 18.1 Å². The first-order chi connectivity index (χ1) is 8.88. The quantitative estimate of drug-likeness (QED) is 0.880. The van der Waals surface area contributed by atoms with Crippen LogP contribution in [0.1, 0.15) is 31.7 Å². The summed E-state index contributed by atoms with van der Waals surface area (Å²) >= 11 is 0. The minimum absolute atomic E-state index is 0.537. The summed E-state index contributed by atoms with van der Waals surface area (Å²) < 4.78 is 4.16. The van der Waals surface area contributed by atoms with Crippen LogP contribution >= 0.6 is 0 Å². The minimum atomic E-state index is 0.537. The first-order valence-electron chi connectivity index (χ1n) is 6.50. The van der Waals surface area contributed by atoms with E-state index >= 15 is 0 Å². The highest BCUT2D eigenvalue weighted by molar-refractivity contribution is 5.47. The number of nitrogens with two attached hydrogens (primary N) is 1. The van der Waals surface area contributed by atoms with E-state index < -0.39 is 0 Å². The molecular weight excluding hydrogens is 228 g/mol. The number of aromatic nitrogens is 5. The van der Waals surface area contributed by atoms with Gasteiger partial charge in [-0.3, -0.25) is 0 Å². The predicted octanol–water partition coefficient (Wildman–Crippen LogP) is 1.22. The molecule has 6 nitrogen and oxygen atoms in total. The van der Waals surface area contributed by atoms with Crippen molar-refractivity contribution >= 4 is 0 Å². The molecule has 96 valence electrons. The van der Waals surface area contributed by atoms with Gasteiger partial charge in [-0.05, 0) is 12.8 Å². The highest BCUT2D eigenvalue weighted by Gasteiger charge is 2.21. The summed E-state index contributed by atoms with van der Waals surface area (Å²) in [5, 5.41) is 8.25. The first kappa shape index (κ1) is 11.4. The Kier molecular flexibility index (Phi) is 3.10. The fourth-order valence-corrected chi connectivity index (χ4v) is 2.62. The molecule has 3 rings (SSSR count). The molecule has 0 atom stereocenters. The monoisotopic (exact) mass is 246 g/mol. The lowest BCUT2D eigenvalue weighted by Crippen LogP contribution is -2.08. The molecule has 18 heavy (non-hydrogen) atoms. The van der Waals surface area contributed by atoms with Crippen molar-refractivity contribution in [1.29, 1.82) is 0 Å². The van der Waals surface area contributed by atoms with Gasteiger partial charge in [0.1, 0.15) is 12.0 Å². The fourth-order valence-electron chi connectivity index (χ4n) is 2.62. The van der Waals surface area contributed by atoms with Crippen LogP contribution in [0.3, 0.4) is 0 Å². The van der Waals surface area contributed by atoms with Crippen LogP contribution in [0.4, 0.5) is 0 Å². The minimum Gasteiger partial charge on any atom is -0.335 e. The lowest BCUT2D eigenvalue weighted by Gasteiger charge is -2.12. The topological polar surface area (TPSA) is 74.6 Å². The maximum Gasteiger partial charge on any atom is 0.184 e. The van der Waals surface area contributed by atoms with Crippen molar-refractivity contribution in [1.82, 2.24) is 24.3 Å². The maximum atomic E-state index is 5.54. The van der Waals surface area contributed by atoms with Crippen LogP contribution in [-0.2, 0) is 6.54 Å². The lowest BCUT2D eigenvalue weighted by molar-refractivity contribution is 0.521. The van der Waals surface area contributed by atoms with Crippen molar-refractivity contribution < 1.29 is 0 Å². The molecule has 0 radical (unpaired) electrons. The van der Waals surface area contributed by atoms with E-state index in [1.165, 1.54) is 25.7 Å². The van der Waals surface area contributed by atoms with Gasteiger partial charge in [-0.1, -0.05) is 12.8 Å². The van der Waals surface area contributed by atoms with E-state index in [0.29, 0.717) is 12.6 Å². The Hall–Kier alpha value is -1.69. The van der Waals surface area contributed by atoms with Crippen molar-refractivity contribution in [2.45, 2.75) is 38.3 Å². The van der Waals surface area contributed by atoms with Crippen molar-refractivity contribution in [3.8, 4) is 11.5 Å². The third-order valence-corrected chi connectivity index (χ3v) is 3.54. The molecule has 1 aliphatic carbocycles. The number of imidazole rings is 1. The van der Waals surface area contributed by atoms with Crippen molar-refractivity contribution in [2.24, 2.45) is 5.73 Å². The molecule has 2 heterocycles. The van der Waals surface area contributed by atoms with Crippen LogP contribution in [0.15, 0.2) is 18.9 Å². The Balaban J connectivity index is 1.88. The molecule has 2 aromatic heterocycles. The summed E-state index contributed by atoms with van der Waals surface area (Å²) in [6.45, 7) is 1.40. The maximum absolute atomic E-state index is 5.54. The third kappa shape index (κ3) is 2.03. The van der Waals surface area contributed by atoms with Gasteiger partial charge in [0.2, 0.25) is 0 Å². The Labute approximate surface area is 106 Å². The normalized spacial score (nSPS) is 16.5. The second kappa shape index (κ2) is 4.89. The predicted molar refractivity (Wildman–Crippen MR) is 67.8 cm³/mol. The summed E-state index contributed by atoms with van der Waals surface area (Å²) in [5.74, 6) is 0.873. The van der Waals surface area contributed by atoms with E-state index in [4.69, 9.17) is 5.73 Å². The van der Waals surface area contributed by atoms with Crippen LogP contribution < -0.4 is 5.73 Å². The van der Waals surface area contributed by atoms with E-state index in [2.05, 4.69) is 19.7 Å². The Morgan fingerprint density at radius 2 is 2.11 bits per heavy atom. The molecule has 1 fully saturated rings. The molecule has 0 saturated heterocycles. The van der Waals surface area contributed by atoms with Crippen molar-refractivity contribution in [3.63, 3.8) is 0 Å². The van der Waals surface area contributed by atoms with Gasteiger partial charge in [0.05, 0.1) is 6.33 Å². The molecule has 2 N–H and O–H groups in total. The van der Waals surface area contributed by atoms with Crippen LogP contribution in [0.5, 0.6) is 0 Å². The summed E-state index contributed by atoms with van der Waals surface area (Å²) in [6, 6.07) is 0.537. The molecular formula is C12H18N6. The average molecular weight is 246 g/mol. The zero-order valence-electron chi connectivity index (χ0n) is 10.4. The van der Waals surface area contributed by atoms with E-state index in [1.54, 1.807) is 6.33 Å². The molecule has 0 aliphatic heterocycles. The molecule has 0 unspecified atom stereocenters. The average Bonchev–Trinajstić information content (AvgIpc) is 3.10. The summed E-state index contributed by atoms with van der Waals surface area (Å²) in [6.07, 6.45) is 10.6. The van der Waals surface area contributed by atoms with Gasteiger partial charge in [0.25, 0.3) is 0 Å². The van der Waals surface area contributed by atoms with Gasteiger partial charge in [-0.2, -0.15) is 0 Å². The van der Waals surface area contributed by atoms with Gasteiger partial charge >= 0.3 is 0 Å². The second-order valence-corrected chi connectivity index (χ2v) is 4.79. The molecule has 0 spiro atoms. The largest absolute Gasteiger partial charge is 0.335 e. The third-order valence-electron chi connectivity index (χ3n) is 3.54. The molecule has 6 heteroatoms. The Bertz CT molecular complexity index is 508. The molecule has 1 saturated carbocycles. The van der Waals surface area contributed by atoms with Crippen LogP contribution in [0.25, 0.3) is 11.5 Å². The summed E-state index contributed by atoms with van der Waals surface area (Å²) in [5.41, 5.74) is 6.42. The summed E-state index contributed by atoms with van der Waals surface area (Å²) in [4.78, 5) is 4.39. The van der Waals surface area contributed by atoms with E-state index in [-0.39, 0.29) is 0 Å². The van der Waals surface area contributed by atoms with E-state index in [1.807, 2.05) is 17.1 Å². The zero-order valence-corrected chi connectivity index (χ0v) is 10.4. The highest BCUT2D eigenvalue weighted by atomic mass is 15.3. The number of hydrogen-bond donors (Lipinski definition) is 1. The molecule has 2 aromatic rings. The Morgan fingerprint density at radius 1 is 1.28 bits per heavy atom. The molecule has 0 bridgehead atoms. The van der Waals surface area contributed by atoms with E-state index in [9.17, 15) is 0 Å². The fraction of sp³-hybridized carbons (Fsp3) is 0.583. The van der Waals surface area contributed by atoms with Crippen molar-refractivity contribution in [3.05, 3.63) is 18.9 Å².